The Hall–Kier alpha value is -3.56. The van der Waals surface area contributed by atoms with Crippen LogP contribution in [0.3, 0.4) is 0 Å². The number of ether oxygens (including phenoxy) is 1. The molecule has 3 rings (SSSR count). The highest BCUT2D eigenvalue weighted by molar-refractivity contribution is 7.85. The summed E-state index contributed by atoms with van der Waals surface area (Å²) in [5.74, 6) is 1.70. The number of aromatic nitrogens is 1. The third kappa shape index (κ3) is 9.44. The zero-order valence-electron chi connectivity index (χ0n) is 22.0. The molecule has 0 saturated carbocycles. The second-order valence-corrected chi connectivity index (χ2v) is 10.7. The van der Waals surface area contributed by atoms with Crippen molar-refractivity contribution >= 4 is 34.3 Å². The van der Waals surface area contributed by atoms with Crippen molar-refractivity contribution in [2.75, 3.05) is 12.4 Å². The summed E-state index contributed by atoms with van der Waals surface area (Å²) >= 11 is 0. The molecule has 0 bridgehead atoms. The number of aryl methyl sites for hydroxylation is 2. The van der Waals surface area contributed by atoms with Crippen LogP contribution >= 0.6 is 0 Å². The van der Waals surface area contributed by atoms with Gasteiger partial charge >= 0.3 is 0 Å². The molecular weight excluding hydrogens is 488 g/mol. The number of allylic oxidation sites excluding steroid dienone is 1. The molecule has 0 spiro atoms. The molecule has 0 aliphatic rings. The van der Waals surface area contributed by atoms with E-state index in [-0.39, 0.29) is 17.9 Å². The van der Waals surface area contributed by atoms with Crippen LogP contribution in [0.2, 0.25) is 0 Å². The molecule has 1 unspecified atom stereocenters. The van der Waals surface area contributed by atoms with Gasteiger partial charge in [0.2, 0.25) is 6.41 Å². The first-order valence-corrected chi connectivity index (χ1v) is 13.3. The fourth-order valence-corrected chi connectivity index (χ4v) is 4.03. The van der Waals surface area contributed by atoms with Crippen LogP contribution in [0, 0.1) is 6.92 Å². The zero-order chi connectivity index (χ0) is 27.4. The van der Waals surface area contributed by atoms with E-state index in [4.69, 9.17) is 15.6 Å². The Morgan fingerprint density at radius 3 is 2.54 bits per heavy atom. The minimum Gasteiger partial charge on any atom is -0.456 e. The Bertz CT molecular complexity index is 1280. The number of nitrogens with zero attached hydrogens (tertiary/aromatic N) is 2. The second kappa shape index (κ2) is 14.2. The number of rotatable bonds is 9. The Labute approximate surface area is 221 Å². The van der Waals surface area contributed by atoms with Crippen molar-refractivity contribution in [1.82, 2.24) is 10.3 Å². The molecule has 3 aromatic rings. The molecule has 0 aliphatic carbocycles. The van der Waals surface area contributed by atoms with Gasteiger partial charge in [0, 0.05) is 28.9 Å². The van der Waals surface area contributed by atoms with Crippen LogP contribution in [0.25, 0.3) is 10.9 Å². The number of benzene rings is 2. The molecule has 1 aromatic heterocycles. The molecule has 8 nitrogen and oxygen atoms in total. The first kappa shape index (κ1) is 29.7. The molecule has 37 heavy (non-hydrogen) atoms. The van der Waals surface area contributed by atoms with Crippen molar-refractivity contribution in [2.24, 2.45) is 10.7 Å². The van der Waals surface area contributed by atoms with Crippen LogP contribution in [-0.4, -0.2) is 44.8 Å². The molecule has 0 aliphatic heterocycles. The highest BCUT2D eigenvalue weighted by atomic mass is 32.2. The van der Waals surface area contributed by atoms with E-state index in [2.05, 4.69) is 34.3 Å². The molecule has 0 radical (unpaired) electrons. The number of aliphatic hydroxyl groups is 1. The van der Waals surface area contributed by atoms with E-state index in [0.29, 0.717) is 22.8 Å². The first-order valence-electron chi connectivity index (χ1n) is 11.9. The molecule has 0 saturated heterocycles. The maximum absolute atomic E-state index is 12.2. The van der Waals surface area contributed by atoms with Crippen molar-refractivity contribution in [2.45, 2.75) is 51.5 Å². The number of hydrogen-bond acceptors (Lipinski definition) is 7. The van der Waals surface area contributed by atoms with Crippen molar-refractivity contribution in [1.29, 1.82) is 0 Å². The fourth-order valence-electron chi connectivity index (χ4n) is 3.16. The lowest BCUT2D eigenvalue weighted by Gasteiger charge is -2.12. The van der Waals surface area contributed by atoms with Gasteiger partial charge in [-0.15, -0.1) is 0 Å². The van der Waals surface area contributed by atoms with Crippen molar-refractivity contribution < 1.29 is 18.8 Å². The molecule has 2 aromatic carbocycles. The minimum absolute atomic E-state index is 0.107. The summed E-state index contributed by atoms with van der Waals surface area (Å²) in [6, 6.07) is 13.4. The molecular formula is C28H36N4O4S. The van der Waals surface area contributed by atoms with Gasteiger partial charge in [0.1, 0.15) is 11.5 Å². The first-order chi connectivity index (χ1) is 17.6. The fraction of sp³-hybridized carbons (Fsp3) is 0.321. The molecule has 9 heteroatoms. The van der Waals surface area contributed by atoms with Gasteiger partial charge in [-0.3, -0.25) is 19.0 Å². The number of aliphatic hydroxyl groups excluding tert-OH is 1. The van der Waals surface area contributed by atoms with Gasteiger partial charge in [-0.1, -0.05) is 19.1 Å². The number of carbonyl (C=O) groups is 1. The van der Waals surface area contributed by atoms with E-state index in [9.17, 15) is 9.00 Å². The van der Waals surface area contributed by atoms with E-state index in [0.717, 1.165) is 28.6 Å². The number of aliphatic imine (C=N–C) groups is 1. The number of nitrogens with one attached hydrogen (secondary N) is 1. The predicted molar refractivity (Wildman–Crippen MR) is 150 cm³/mol. The van der Waals surface area contributed by atoms with Gasteiger partial charge < -0.3 is 20.9 Å². The average Bonchev–Trinajstić information content (AvgIpc) is 2.87. The zero-order valence-corrected chi connectivity index (χ0v) is 22.8. The Morgan fingerprint density at radius 1 is 1.19 bits per heavy atom. The monoisotopic (exact) mass is 524 g/mol. The Kier molecular flexibility index (Phi) is 11.4. The van der Waals surface area contributed by atoms with Gasteiger partial charge in [-0.2, -0.15) is 0 Å². The van der Waals surface area contributed by atoms with Gasteiger partial charge in [0.15, 0.2) is 0 Å². The molecule has 1 heterocycles. The number of hydrogen-bond donors (Lipinski definition) is 3. The number of fused-ring (bicyclic) bond motifs is 1. The van der Waals surface area contributed by atoms with Crippen LogP contribution in [0.4, 0.5) is 0 Å². The van der Waals surface area contributed by atoms with Gasteiger partial charge in [0.05, 0.1) is 39.9 Å². The van der Waals surface area contributed by atoms with Crippen LogP contribution < -0.4 is 15.8 Å². The van der Waals surface area contributed by atoms with Crippen molar-refractivity contribution in [3.8, 4) is 11.5 Å². The van der Waals surface area contributed by atoms with Crippen LogP contribution in [-0.2, 0) is 22.0 Å². The van der Waals surface area contributed by atoms with E-state index in [1.54, 1.807) is 12.3 Å². The molecule has 198 valence electrons. The summed E-state index contributed by atoms with van der Waals surface area (Å²) < 4.78 is 18.3. The normalized spacial score (nSPS) is 12.6. The van der Waals surface area contributed by atoms with E-state index < -0.39 is 10.8 Å². The predicted octanol–water partition coefficient (Wildman–Crippen LogP) is 4.40. The third-order valence-electron chi connectivity index (χ3n) is 5.08. The number of carbonyl (C=O) groups excluding carboxylic acids is 1. The Balaban J connectivity index is 0.000000341. The third-order valence-corrected chi connectivity index (χ3v) is 6.41. The van der Waals surface area contributed by atoms with E-state index >= 15 is 0 Å². The smallest absolute Gasteiger partial charge is 0.211 e. The van der Waals surface area contributed by atoms with E-state index in [1.807, 2.05) is 52.0 Å². The summed E-state index contributed by atoms with van der Waals surface area (Å²) in [6.07, 6.45) is 6.09. The Morgan fingerprint density at radius 2 is 1.95 bits per heavy atom. The number of nitrogens with two attached hydrogens (primary N) is 1. The number of pyridine rings is 1. The van der Waals surface area contributed by atoms with Gasteiger partial charge in [-0.25, -0.2) is 0 Å². The van der Waals surface area contributed by atoms with Crippen LogP contribution in [0.15, 0.2) is 70.4 Å². The number of amides is 1. The lowest BCUT2D eigenvalue weighted by Crippen LogP contribution is -2.16. The molecule has 1 atom stereocenters. The largest absolute Gasteiger partial charge is 0.456 e. The maximum atomic E-state index is 12.2. The van der Waals surface area contributed by atoms with Crippen molar-refractivity contribution in [3.63, 3.8) is 0 Å². The summed E-state index contributed by atoms with van der Waals surface area (Å²) in [6.45, 7) is 9.92. The lowest BCUT2D eigenvalue weighted by molar-refractivity contribution is -0.108. The molecule has 1 amide bonds. The quantitative estimate of drug-likeness (QED) is 0.281. The summed E-state index contributed by atoms with van der Waals surface area (Å²) in [4.78, 5) is 19.2. The SMILES string of the molecule is CC(C)(C)N=C/C(=C\N)NC=O.CCc1ccc(Oc2ccnc3ccc(S(=O)CCO)cc23)c(C)c1. The average molecular weight is 525 g/mol. The van der Waals surface area contributed by atoms with E-state index in [1.165, 1.54) is 18.0 Å². The summed E-state index contributed by atoms with van der Waals surface area (Å²) in [5, 5.41) is 12.2. The van der Waals surface area contributed by atoms with Crippen LogP contribution in [0.5, 0.6) is 11.5 Å². The minimum atomic E-state index is -1.24. The maximum Gasteiger partial charge on any atom is 0.211 e. The topological polar surface area (TPSA) is 127 Å². The van der Waals surface area contributed by atoms with Crippen LogP contribution in [0.1, 0.15) is 38.8 Å². The lowest BCUT2D eigenvalue weighted by atomic mass is 10.1. The highest BCUT2D eigenvalue weighted by Gasteiger charge is 2.10. The summed E-state index contributed by atoms with van der Waals surface area (Å²) in [5.41, 5.74) is 8.68. The molecule has 4 N–H and O–H groups in total. The second-order valence-electron chi connectivity index (χ2n) is 9.13. The summed E-state index contributed by atoms with van der Waals surface area (Å²) in [7, 11) is -1.24. The van der Waals surface area contributed by atoms with Crippen molar-refractivity contribution in [3.05, 3.63) is 71.7 Å². The van der Waals surface area contributed by atoms with Gasteiger partial charge in [-0.05, 0) is 75.6 Å². The standard InChI is InChI=1S/C20H21NO3S.C8H15N3O/c1-3-15-4-7-19(14(2)12-15)24-20-8-9-21-18-6-5-16(13-17(18)20)25(23)11-10-22;1-8(2,3)11-5-7(4-9)10-6-12/h4-9,12-13,22H,3,10-11H2,1-2H3;4-6H,9H2,1-3H3,(H,10,12)/b;7-4+,11-5?. The molecule has 0 fully saturated rings. The van der Waals surface area contributed by atoms with Gasteiger partial charge in [0.25, 0.3) is 0 Å². The highest BCUT2D eigenvalue weighted by Crippen LogP contribution is 2.32.